The summed E-state index contributed by atoms with van der Waals surface area (Å²) < 4.78 is 0. The number of carboxylic acids is 2. The Kier molecular flexibility index (Phi) is 12.3. The van der Waals surface area contributed by atoms with E-state index in [1.54, 1.807) is 0 Å². The van der Waals surface area contributed by atoms with Crippen molar-refractivity contribution >= 4 is 11.9 Å². The van der Waals surface area contributed by atoms with Crippen molar-refractivity contribution in [1.29, 1.82) is 0 Å². The maximum absolute atomic E-state index is 10.5. The van der Waals surface area contributed by atoms with Gasteiger partial charge in [-0.15, -0.1) is 0 Å². The Morgan fingerprint density at radius 3 is 1.36 bits per heavy atom. The SMILES string of the molecule is O=C([O-])[C@H]1CCCC[C@H]1C(=O)[O-].[K+].[K+]. The number of carbonyl (C=O) groups excluding carboxylic acids is 2. The van der Waals surface area contributed by atoms with Crippen LogP contribution in [0.4, 0.5) is 0 Å². The average molecular weight is 248 g/mol. The van der Waals surface area contributed by atoms with Crippen LogP contribution in [0.1, 0.15) is 25.7 Å². The van der Waals surface area contributed by atoms with Gasteiger partial charge in [-0.2, -0.15) is 0 Å². The molecule has 0 N–H and O–H groups in total. The van der Waals surface area contributed by atoms with Gasteiger partial charge in [-0.1, -0.05) is 12.8 Å². The third kappa shape index (κ3) is 5.51. The second-order valence-corrected chi connectivity index (χ2v) is 3.14. The minimum atomic E-state index is -1.26. The van der Waals surface area contributed by atoms with Gasteiger partial charge in [-0.25, -0.2) is 0 Å². The molecule has 0 aromatic rings. The van der Waals surface area contributed by atoms with Crippen LogP contribution in [0.2, 0.25) is 0 Å². The predicted molar refractivity (Wildman–Crippen MR) is 35.5 cm³/mol. The number of carboxylic acid groups (broad SMARTS) is 2. The molecular formula is C8H10K2O4. The van der Waals surface area contributed by atoms with Gasteiger partial charge >= 0.3 is 103 Å². The molecule has 0 unspecified atom stereocenters. The zero-order valence-electron chi connectivity index (χ0n) is 8.62. The molecule has 0 radical (unpaired) electrons. The molecule has 1 aliphatic rings. The standard InChI is InChI=1S/C8H12O4.2K/c9-7(10)5-3-1-2-4-6(5)8(11)12;;/h5-6H,1-4H2,(H,9,10)(H,11,12);;/q;2*+1/p-2/t5-,6+;;. The molecule has 1 aliphatic carbocycles. The maximum atomic E-state index is 10.5. The molecule has 0 aromatic heterocycles. The van der Waals surface area contributed by atoms with Gasteiger partial charge in [0.1, 0.15) is 0 Å². The molecule has 1 saturated carbocycles. The quantitative estimate of drug-likeness (QED) is 0.455. The summed E-state index contributed by atoms with van der Waals surface area (Å²) >= 11 is 0. The zero-order chi connectivity index (χ0) is 9.14. The first kappa shape index (κ1) is 18.6. The summed E-state index contributed by atoms with van der Waals surface area (Å²) in [4.78, 5) is 20.9. The van der Waals surface area contributed by atoms with Gasteiger partial charge in [0, 0.05) is 23.8 Å². The van der Waals surface area contributed by atoms with E-state index in [9.17, 15) is 19.8 Å². The van der Waals surface area contributed by atoms with Gasteiger partial charge in [0.2, 0.25) is 0 Å². The number of hydrogen-bond donors (Lipinski definition) is 0. The van der Waals surface area contributed by atoms with Crippen molar-refractivity contribution in [2.24, 2.45) is 11.8 Å². The zero-order valence-corrected chi connectivity index (χ0v) is 14.9. The summed E-state index contributed by atoms with van der Waals surface area (Å²) in [7, 11) is 0. The molecule has 68 valence electrons. The largest absolute Gasteiger partial charge is 1.00 e. The molecule has 2 atom stereocenters. The Balaban J connectivity index is 0. The molecule has 1 rings (SSSR count). The van der Waals surface area contributed by atoms with Gasteiger partial charge in [0.05, 0.1) is 0 Å². The van der Waals surface area contributed by atoms with Crippen molar-refractivity contribution in [2.75, 3.05) is 0 Å². The van der Waals surface area contributed by atoms with Crippen molar-refractivity contribution in [3.8, 4) is 0 Å². The minimum Gasteiger partial charge on any atom is -0.550 e. The van der Waals surface area contributed by atoms with Crippen molar-refractivity contribution < 1.29 is 123 Å². The Hall–Kier alpha value is 2.21. The van der Waals surface area contributed by atoms with Crippen LogP contribution in [0.5, 0.6) is 0 Å². The monoisotopic (exact) mass is 248 g/mol. The number of rotatable bonds is 2. The van der Waals surface area contributed by atoms with Crippen LogP contribution in [0.15, 0.2) is 0 Å². The summed E-state index contributed by atoms with van der Waals surface area (Å²) in [6, 6.07) is 0. The maximum Gasteiger partial charge on any atom is 1.00 e. The fourth-order valence-corrected chi connectivity index (χ4v) is 1.70. The Morgan fingerprint density at radius 1 is 0.857 bits per heavy atom. The number of aliphatic carboxylic acids is 2. The molecule has 14 heavy (non-hydrogen) atoms. The normalized spacial score (nSPS) is 25.4. The van der Waals surface area contributed by atoms with Gasteiger partial charge in [0.15, 0.2) is 0 Å². The molecule has 0 heterocycles. The summed E-state index contributed by atoms with van der Waals surface area (Å²) in [5.41, 5.74) is 0. The van der Waals surface area contributed by atoms with Gasteiger partial charge in [-0.3, -0.25) is 0 Å². The van der Waals surface area contributed by atoms with Crippen molar-refractivity contribution in [2.45, 2.75) is 25.7 Å². The van der Waals surface area contributed by atoms with Crippen molar-refractivity contribution in [3.05, 3.63) is 0 Å². The fraction of sp³-hybridized carbons (Fsp3) is 0.750. The van der Waals surface area contributed by atoms with E-state index in [0.29, 0.717) is 12.8 Å². The van der Waals surface area contributed by atoms with Crippen LogP contribution in [-0.2, 0) is 9.59 Å². The Labute approximate surface area is 168 Å². The van der Waals surface area contributed by atoms with Crippen LogP contribution < -0.4 is 113 Å². The second-order valence-electron chi connectivity index (χ2n) is 3.14. The first-order valence-electron chi connectivity index (χ1n) is 4.04. The molecule has 0 amide bonds. The molecular weight excluding hydrogens is 238 g/mol. The van der Waals surface area contributed by atoms with E-state index in [4.69, 9.17) is 0 Å². The Morgan fingerprint density at radius 2 is 1.14 bits per heavy atom. The van der Waals surface area contributed by atoms with E-state index < -0.39 is 23.8 Å². The summed E-state index contributed by atoms with van der Waals surface area (Å²) in [6.07, 6.45) is 2.34. The predicted octanol–water partition coefficient (Wildman–Crippen LogP) is -7.70. The van der Waals surface area contributed by atoms with Gasteiger partial charge < -0.3 is 19.8 Å². The smallest absolute Gasteiger partial charge is 0.550 e. The van der Waals surface area contributed by atoms with E-state index in [-0.39, 0.29) is 103 Å². The molecule has 1 fully saturated rings. The number of hydrogen-bond acceptors (Lipinski definition) is 4. The van der Waals surface area contributed by atoms with Crippen LogP contribution in [0.25, 0.3) is 0 Å². The van der Waals surface area contributed by atoms with Crippen molar-refractivity contribution in [3.63, 3.8) is 0 Å². The first-order chi connectivity index (χ1) is 5.63. The van der Waals surface area contributed by atoms with E-state index >= 15 is 0 Å². The molecule has 0 saturated heterocycles. The second kappa shape index (κ2) is 9.26. The van der Waals surface area contributed by atoms with Crippen LogP contribution in [0, 0.1) is 11.8 Å². The van der Waals surface area contributed by atoms with Gasteiger partial charge in [0.25, 0.3) is 0 Å². The van der Waals surface area contributed by atoms with Gasteiger partial charge in [-0.05, 0) is 12.8 Å². The molecule has 0 aliphatic heterocycles. The average Bonchev–Trinajstić information content (AvgIpc) is 2.04. The Bertz CT molecular complexity index is 186. The molecule has 4 nitrogen and oxygen atoms in total. The summed E-state index contributed by atoms with van der Waals surface area (Å²) in [5, 5.41) is 20.9. The topological polar surface area (TPSA) is 80.3 Å². The number of carbonyl (C=O) groups is 2. The van der Waals surface area contributed by atoms with Crippen molar-refractivity contribution in [1.82, 2.24) is 0 Å². The molecule has 0 bridgehead atoms. The first-order valence-corrected chi connectivity index (χ1v) is 4.04. The van der Waals surface area contributed by atoms with E-state index in [0.717, 1.165) is 12.8 Å². The van der Waals surface area contributed by atoms with E-state index in [1.165, 1.54) is 0 Å². The molecule has 0 aromatic carbocycles. The summed E-state index contributed by atoms with van der Waals surface area (Å²) in [5.74, 6) is -4.21. The van der Waals surface area contributed by atoms with E-state index in [1.807, 2.05) is 0 Å². The third-order valence-electron chi connectivity index (χ3n) is 2.37. The summed E-state index contributed by atoms with van der Waals surface area (Å²) in [6.45, 7) is 0. The minimum absolute atomic E-state index is 0. The van der Waals surface area contributed by atoms with Crippen LogP contribution >= 0.6 is 0 Å². The van der Waals surface area contributed by atoms with Crippen LogP contribution in [-0.4, -0.2) is 11.9 Å². The van der Waals surface area contributed by atoms with E-state index in [2.05, 4.69) is 0 Å². The van der Waals surface area contributed by atoms with Crippen LogP contribution in [0.3, 0.4) is 0 Å². The third-order valence-corrected chi connectivity index (χ3v) is 2.37. The fourth-order valence-electron chi connectivity index (χ4n) is 1.70. The molecule has 0 spiro atoms. The molecule has 6 heteroatoms.